The Morgan fingerprint density at radius 1 is 1.40 bits per heavy atom. The lowest BCUT2D eigenvalue weighted by atomic mass is 10.0. The van der Waals surface area contributed by atoms with Crippen molar-refractivity contribution in [1.82, 2.24) is 0 Å². The zero-order chi connectivity index (χ0) is 14.6. The van der Waals surface area contributed by atoms with Crippen LogP contribution in [0.2, 0.25) is 0 Å². The van der Waals surface area contributed by atoms with E-state index >= 15 is 0 Å². The van der Waals surface area contributed by atoms with E-state index in [1.165, 1.54) is 7.11 Å². The van der Waals surface area contributed by atoms with Crippen LogP contribution < -0.4 is 4.74 Å². The van der Waals surface area contributed by atoms with Crippen LogP contribution in [0.15, 0.2) is 18.2 Å². The number of esters is 1. The Labute approximate surface area is 127 Å². The summed E-state index contributed by atoms with van der Waals surface area (Å²) < 4.78 is 10.2. The van der Waals surface area contributed by atoms with Gasteiger partial charge >= 0.3 is 5.97 Å². The zero-order valence-corrected chi connectivity index (χ0v) is 13.3. The van der Waals surface area contributed by atoms with Crippen molar-refractivity contribution < 1.29 is 14.3 Å². The minimum atomic E-state index is -0.528. The molecule has 1 aliphatic heterocycles. The SMILES string of the molecule is COC(=O)C#Cc1ccc2c(c1)C(SC)(SC)CCO2. The molecule has 20 heavy (non-hydrogen) atoms. The van der Waals surface area contributed by atoms with Crippen LogP contribution in [-0.4, -0.2) is 32.2 Å². The number of ether oxygens (including phenoxy) is 2. The second kappa shape index (κ2) is 6.47. The maximum atomic E-state index is 11.1. The van der Waals surface area contributed by atoms with E-state index in [1.54, 1.807) is 0 Å². The Kier molecular flexibility index (Phi) is 4.90. The molecule has 0 atom stereocenters. The Balaban J connectivity index is 2.42. The summed E-state index contributed by atoms with van der Waals surface area (Å²) in [7, 11) is 1.32. The lowest BCUT2D eigenvalue weighted by Crippen LogP contribution is -2.26. The summed E-state index contributed by atoms with van der Waals surface area (Å²) in [5.74, 6) is 5.66. The average Bonchev–Trinajstić information content (AvgIpc) is 2.51. The number of fused-ring (bicyclic) bond motifs is 1. The van der Waals surface area contributed by atoms with Crippen molar-refractivity contribution in [2.75, 3.05) is 26.2 Å². The third-order valence-corrected chi connectivity index (χ3v) is 6.40. The molecule has 0 aromatic heterocycles. The molecule has 0 N–H and O–H groups in total. The van der Waals surface area contributed by atoms with Gasteiger partial charge in [0.25, 0.3) is 0 Å². The van der Waals surface area contributed by atoms with Gasteiger partial charge < -0.3 is 9.47 Å². The topological polar surface area (TPSA) is 35.5 Å². The van der Waals surface area contributed by atoms with Gasteiger partial charge in [0, 0.05) is 23.5 Å². The van der Waals surface area contributed by atoms with E-state index in [2.05, 4.69) is 29.1 Å². The highest BCUT2D eigenvalue weighted by Gasteiger charge is 2.36. The molecule has 0 amide bonds. The van der Waals surface area contributed by atoms with E-state index in [9.17, 15) is 4.79 Å². The molecule has 0 saturated carbocycles. The van der Waals surface area contributed by atoms with Gasteiger partial charge in [0.05, 0.1) is 17.8 Å². The van der Waals surface area contributed by atoms with Gasteiger partial charge in [0.1, 0.15) is 5.75 Å². The highest BCUT2D eigenvalue weighted by atomic mass is 32.2. The quantitative estimate of drug-likeness (QED) is 0.477. The minimum absolute atomic E-state index is 0.00343. The number of benzene rings is 1. The molecule has 1 aromatic rings. The maximum absolute atomic E-state index is 11.1. The van der Waals surface area contributed by atoms with Crippen LogP contribution in [0.3, 0.4) is 0 Å². The minimum Gasteiger partial charge on any atom is -0.493 e. The molecule has 1 heterocycles. The van der Waals surface area contributed by atoms with Crippen LogP contribution in [0, 0.1) is 11.8 Å². The molecule has 0 fully saturated rings. The molecule has 5 heteroatoms. The van der Waals surface area contributed by atoms with Crippen molar-refractivity contribution in [1.29, 1.82) is 0 Å². The third kappa shape index (κ3) is 2.92. The van der Waals surface area contributed by atoms with E-state index in [-0.39, 0.29) is 4.08 Å². The molecule has 0 aliphatic carbocycles. The monoisotopic (exact) mass is 308 g/mol. The number of hydrogen-bond acceptors (Lipinski definition) is 5. The smallest absolute Gasteiger partial charge is 0.384 e. The van der Waals surface area contributed by atoms with E-state index in [1.807, 2.05) is 41.7 Å². The normalized spacial score (nSPS) is 15.3. The molecule has 0 unspecified atom stereocenters. The molecule has 106 valence electrons. The van der Waals surface area contributed by atoms with Crippen LogP contribution in [0.5, 0.6) is 5.75 Å². The van der Waals surface area contributed by atoms with Crippen LogP contribution in [0.25, 0.3) is 0 Å². The predicted octanol–water partition coefficient (Wildman–Crippen LogP) is 2.87. The Bertz CT molecular complexity index is 568. The first-order chi connectivity index (χ1) is 9.65. The largest absolute Gasteiger partial charge is 0.493 e. The van der Waals surface area contributed by atoms with E-state index < -0.39 is 5.97 Å². The summed E-state index contributed by atoms with van der Waals surface area (Å²) in [5.41, 5.74) is 1.94. The summed E-state index contributed by atoms with van der Waals surface area (Å²) >= 11 is 3.63. The second-order valence-electron chi connectivity index (χ2n) is 4.21. The first-order valence-electron chi connectivity index (χ1n) is 6.13. The first-order valence-corrected chi connectivity index (χ1v) is 8.58. The second-order valence-corrected chi connectivity index (χ2v) is 6.68. The number of rotatable bonds is 2. The van der Waals surface area contributed by atoms with Gasteiger partial charge in [-0.15, -0.1) is 23.5 Å². The number of hydrogen-bond donors (Lipinski definition) is 0. The summed E-state index contributed by atoms with van der Waals surface area (Å²) in [6.45, 7) is 0.724. The fourth-order valence-corrected chi connectivity index (χ4v) is 4.14. The van der Waals surface area contributed by atoms with Crippen LogP contribution >= 0.6 is 23.5 Å². The average molecular weight is 308 g/mol. The molecular weight excluding hydrogens is 292 g/mol. The fourth-order valence-electron chi connectivity index (χ4n) is 2.14. The molecule has 0 radical (unpaired) electrons. The first kappa shape index (κ1) is 15.1. The highest BCUT2D eigenvalue weighted by molar-refractivity contribution is 8.16. The number of carbonyl (C=O) groups excluding carboxylic acids is 1. The molecule has 0 bridgehead atoms. The molecule has 0 spiro atoms. The Morgan fingerprint density at radius 2 is 2.15 bits per heavy atom. The number of carbonyl (C=O) groups is 1. The molecule has 0 saturated heterocycles. The van der Waals surface area contributed by atoms with Gasteiger partial charge in [-0.3, -0.25) is 0 Å². The van der Waals surface area contributed by atoms with Crippen LogP contribution in [-0.2, 0) is 13.6 Å². The fraction of sp³-hybridized carbons (Fsp3) is 0.400. The van der Waals surface area contributed by atoms with Gasteiger partial charge in [0.15, 0.2) is 0 Å². The van der Waals surface area contributed by atoms with Gasteiger partial charge in [-0.05, 0) is 30.7 Å². The highest BCUT2D eigenvalue weighted by Crippen LogP contribution is 2.52. The van der Waals surface area contributed by atoms with Crippen molar-refractivity contribution in [3.8, 4) is 17.6 Å². The maximum Gasteiger partial charge on any atom is 0.384 e. The lowest BCUT2D eigenvalue weighted by Gasteiger charge is -2.36. The van der Waals surface area contributed by atoms with Crippen molar-refractivity contribution in [2.45, 2.75) is 10.5 Å². The third-order valence-electron chi connectivity index (χ3n) is 3.23. The standard InChI is InChI=1S/C15H16O3S2/c1-17-14(16)7-5-11-4-6-13-12(10-11)15(19-2,20-3)8-9-18-13/h4,6,10H,8-9H2,1-3H3. The zero-order valence-electron chi connectivity index (χ0n) is 11.7. The van der Waals surface area contributed by atoms with Crippen molar-refractivity contribution in [3.05, 3.63) is 29.3 Å². The number of methoxy groups -OCH3 is 1. The van der Waals surface area contributed by atoms with E-state index in [0.29, 0.717) is 0 Å². The molecule has 2 rings (SSSR count). The Hall–Kier alpha value is -1.25. The summed E-state index contributed by atoms with van der Waals surface area (Å²) in [5, 5.41) is 0. The summed E-state index contributed by atoms with van der Waals surface area (Å²) in [6, 6.07) is 5.81. The summed E-state index contributed by atoms with van der Waals surface area (Å²) in [6.07, 6.45) is 5.17. The van der Waals surface area contributed by atoms with E-state index in [4.69, 9.17) is 4.74 Å². The molecule has 3 nitrogen and oxygen atoms in total. The van der Waals surface area contributed by atoms with Crippen LogP contribution in [0.1, 0.15) is 17.5 Å². The van der Waals surface area contributed by atoms with Crippen molar-refractivity contribution in [2.24, 2.45) is 0 Å². The molecule has 1 aromatic carbocycles. The lowest BCUT2D eigenvalue weighted by molar-refractivity contribution is -0.133. The molecule has 1 aliphatic rings. The van der Waals surface area contributed by atoms with Gasteiger partial charge in [-0.25, -0.2) is 4.79 Å². The van der Waals surface area contributed by atoms with Crippen LogP contribution in [0.4, 0.5) is 0 Å². The van der Waals surface area contributed by atoms with Crippen molar-refractivity contribution >= 4 is 29.5 Å². The molecular formula is C15H16O3S2. The van der Waals surface area contributed by atoms with Crippen molar-refractivity contribution in [3.63, 3.8) is 0 Å². The number of thioether (sulfide) groups is 2. The summed E-state index contributed by atoms with van der Waals surface area (Å²) in [4.78, 5) is 11.1. The van der Waals surface area contributed by atoms with E-state index in [0.717, 1.165) is 29.9 Å². The van der Waals surface area contributed by atoms with Gasteiger partial charge in [-0.2, -0.15) is 0 Å². The van der Waals surface area contributed by atoms with Gasteiger partial charge in [0.2, 0.25) is 0 Å². The predicted molar refractivity (Wildman–Crippen MR) is 84.2 cm³/mol. The van der Waals surface area contributed by atoms with Gasteiger partial charge in [-0.1, -0.05) is 5.92 Å². The Morgan fingerprint density at radius 3 is 2.80 bits per heavy atom.